The van der Waals surface area contributed by atoms with Crippen LogP contribution in [0.2, 0.25) is 0 Å². The Balaban J connectivity index is 0.00000120. The quantitative estimate of drug-likeness (QED) is 0.688. The molecule has 2 saturated heterocycles. The minimum atomic E-state index is 0. The van der Waals surface area contributed by atoms with E-state index in [0.717, 1.165) is 55.0 Å². The van der Waals surface area contributed by atoms with Gasteiger partial charge in [-0.3, -0.25) is 4.79 Å². The molecule has 3 aromatic rings. The number of nitrogens with zero attached hydrogens (tertiary/aromatic N) is 4. The lowest BCUT2D eigenvalue weighted by Gasteiger charge is -2.18. The summed E-state index contributed by atoms with van der Waals surface area (Å²) < 4.78 is 1.86. The number of likely N-dealkylation sites (tertiary alicyclic amines) is 1. The van der Waals surface area contributed by atoms with Gasteiger partial charge in [0.25, 0.3) is 5.91 Å². The number of halogens is 2. The second-order valence-corrected chi connectivity index (χ2v) is 7.51. The van der Waals surface area contributed by atoms with Gasteiger partial charge in [-0.1, -0.05) is 30.3 Å². The highest BCUT2D eigenvalue weighted by Crippen LogP contribution is 2.30. The number of rotatable bonds is 3. The van der Waals surface area contributed by atoms with Crippen LogP contribution in [0.3, 0.4) is 0 Å². The van der Waals surface area contributed by atoms with E-state index in [1.165, 1.54) is 0 Å². The molecule has 0 bridgehead atoms. The van der Waals surface area contributed by atoms with Crippen molar-refractivity contribution in [3.8, 4) is 11.3 Å². The molecular weight excluding hydrogens is 409 g/mol. The Morgan fingerprint density at radius 3 is 2.48 bits per heavy atom. The first-order valence-electron chi connectivity index (χ1n) is 9.66. The Hall–Kier alpha value is -2.15. The van der Waals surface area contributed by atoms with Crippen LogP contribution in [-0.4, -0.2) is 51.8 Å². The first kappa shape index (κ1) is 21.6. The topological polar surface area (TPSA) is 63.1 Å². The molecule has 6 nitrogen and oxygen atoms in total. The van der Waals surface area contributed by atoms with E-state index >= 15 is 0 Å². The number of benzene rings is 1. The Morgan fingerprint density at radius 1 is 1.14 bits per heavy atom. The number of nitrogens with one attached hydrogen (secondary N) is 1. The van der Waals surface area contributed by atoms with E-state index < -0.39 is 0 Å². The molecule has 1 aromatic carbocycles. The van der Waals surface area contributed by atoms with Gasteiger partial charge in [0.2, 0.25) is 0 Å². The number of pyridine rings is 1. The monoisotopic (exact) mass is 433 g/mol. The molecule has 4 heterocycles. The van der Waals surface area contributed by atoms with Gasteiger partial charge in [-0.15, -0.1) is 24.8 Å². The lowest BCUT2D eigenvalue weighted by atomic mass is 10.0. The summed E-state index contributed by atoms with van der Waals surface area (Å²) in [4.78, 5) is 20.3. The van der Waals surface area contributed by atoms with Gasteiger partial charge in [-0.05, 0) is 24.8 Å². The van der Waals surface area contributed by atoms with Gasteiger partial charge < -0.3 is 10.2 Å². The molecule has 29 heavy (non-hydrogen) atoms. The van der Waals surface area contributed by atoms with Crippen LogP contribution in [0.5, 0.6) is 0 Å². The first-order chi connectivity index (χ1) is 13.2. The molecule has 0 unspecified atom stereocenters. The van der Waals surface area contributed by atoms with Crippen LogP contribution < -0.4 is 5.32 Å². The van der Waals surface area contributed by atoms with Crippen LogP contribution in [0, 0.1) is 11.8 Å². The van der Waals surface area contributed by atoms with Gasteiger partial charge in [0.15, 0.2) is 5.65 Å². The lowest BCUT2D eigenvalue weighted by Crippen LogP contribution is -2.32. The lowest BCUT2D eigenvalue weighted by molar-refractivity contribution is 0.0783. The summed E-state index contributed by atoms with van der Waals surface area (Å²) in [5.41, 5.74) is 3.33. The van der Waals surface area contributed by atoms with Gasteiger partial charge in [0.05, 0.1) is 22.8 Å². The predicted octanol–water partition coefficient (Wildman–Crippen LogP) is 3.25. The van der Waals surface area contributed by atoms with E-state index in [1.54, 1.807) is 6.20 Å². The molecule has 0 spiro atoms. The fourth-order valence-corrected chi connectivity index (χ4v) is 4.40. The zero-order chi connectivity index (χ0) is 18.4. The van der Waals surface area contributed by atoms with Crippen LogP contribution in [0.25, 0.3) is 22.3 Å². The maximum Gasteiger partial charge on any atom is 0.254 e. The number of carbonyl (C=O) groups excluding carboxylic acids is 1. The van der Waals surface area contributed by atoms with Gasteiger partial charge in [0.1, 0.15) is 0 Å². The first-order valence-corrected chi connectivity index (χ1v) is 9.66. The number of amides is 1. The van der Waals surface area contributed by atoms with Crippen LogP contribution in [-0.2, 0) is 6.54 Å². The third-order valence-electron chi connectivity index (χ3n) is 5.89. The summed E-state index contributed by atoms with van der Waals surface area (Å²) >= 11 is 0. The smallest absolute Gasteiger partial charge is 0.254 e. The third-order valence-corrected chi connectivity index (χ3v) is 5.89. The Bertz CT molecular complexity index is 995. The predicted molar refractivity (Wildman–Crippen MR) is 119 cm³/mol. The molecule has 1 N–H and O–H groups in total. The van der Waals surface area contributed by atoms with Gasteiger partial charge >= 0.3 is 0 Å². The van der Waals surface area contributed by atoms with Crippen molar-refractivity contribution in [1.29, 1.82) is 0 Å². The number of fused-ring (bicyclic) bond motifs is 2. The fourth-order valence-electron chi connectivity index (χ4n) is 4.40. The Labute approximate surface area is 182 Å². The van der Waals surface area contributed by atoms with Gasteiger partial charge in [-0.25, -0.2) is 9.67 Å². The Morgan fingerprint density at radius 2 is 1.83 bits per heavy atom. The Kier molecular flexibility index (Phi) is 6.46. The molecule has 0 saturated carbocycles. The number of hydrogen-bond acceptors (Lipinski definition) is 4. The van der Waals surface area contributed by atoms with Crippen molar-refractivity contribution >= 4 is 41.8 Å². The van der Waals surface area contributed by atoms with Crippen molar-refractivity contribution in [2.45, 2.75) is 13.5 Å². The van der Waals surface area contributed by atoms with E-state index in [2.05, 4.69) is 10.4 Å². The van der Waals surface area contributed by atoms with Crippen molar-refractivity contribution in [3.63, 3.8) is 0 Å². The molecule has 0 aliphatic carbocycles. The maximum atomic E-state index is 13.4. The number of aryl methyl sites for hydroxylation is 1. The highest BCUT2D eigenvalue weighted by Gasteiger charge is 2.38. The molecule has 2 fully saturated rings. The molecule has 8 heteroatoms. The molecule has 0 radical (unpaired) electrons. The molecule has 2 atom stereocenters. The van der Waals surface area contributed by atoms with Crippen molar-refractivity contribution in [2.24, 2.45) is 11.8 Å². The number of aromatic nitrogens is 3. The van der Waals surface area contributed by atoms with Crippen LogP contribution in [0.4, 0.5) is 0 Å². The summed E-state index contributed by atoms with van der Waals surface area (Å²) in [6.07, 6.45) is 1.78. The maximum absolute atomic E-state index is 13.4. The molecule has 5 rings (SSSR count). The van der Waals surface area contributed by atoms with Crippen molar-refractivity contribution in [2.75, 3.05) is 26.2 Å². The van der Waals surface area contributed by atoms with Gasteiger partial charge in [0, 0.05) is 38.3 Å². The van der Waals surface area contributed by atoms with E-state index in [-0.39, 0.29) is 30.7 Å². The average Bonchev–Trinajstić information content (AvgIpc) is 3.41. The third kappa shape index (κ3) is 3.72. The standard InChI is InChI=1S/C21H23N5O.2ClH/c1-2-26-20-18(11-23-26)17(8-19(24-20)14-6-4-3-5-7-14)21(27)25-12-15-9-22-10-16(15)13-25;;/h3-8,11,15-16,22H,2,9-10,12-13H2,1H3;2*1H/t15-,16+;;. The van der Waals surface area contributed by atoms with Crippen molar-refractivity contribution in [1.82, 2.24) is 25.0 Å². The molecule has 2 aliphatic heterocycles. The fraction of sp³-hybridized carbons (Fsp3) is 0.381. The average molecular weight is 434 g/mol. The van der Waals surface area contributed by atoms with Crippen LogP contribution in [0.1, 0.15) is 17.3 Å². The van der Waals surface area contributed by atoms with E-state index in [1.807, 2.05) is 52.9 Å². The van der Waals surface area contributed by atoms with Crippen LogP contribution in [0.15, 0.2) is 42.6 Å². The summed E-state index contributed by atoms with van der Waals surface area (Å²) in [6.45, 7) is 6.47. The summed E-state index contributed by atoms with van der Waals surface area (Å²) in [5, 5.41) is 8.73. The zero-order valence-corrected chi connectivity index (χ0v) is 17.9. The minimum absolute atomic E-state index is 0. The summed E-state index contributed by atoms with van der Waals surface area (Å²) in [7, 11) is 0. The van der Waals surface area contributed by atoms with Crippen molar-refractivity contribution in [3.05, 3.63) is 48.2 Å². The molecule has 2 aromatic heterocycles. The van der Waals surface area contributed by atoms with Gasteiger partial charge in [-0.2, -0.15) is 5.10 Å². The highest BCUT2D eigenvalue weighted by molar-refractivity contribution is 6.06. The molecule has 2 aliphatic rings. The van der Waals surface area contributed by atoms with E-state index in [0.29, 0.717) is 17.4 Å². The summed E-state index contributed by atoms with van der Waals surface area (Å²) in [6, 6.07) is 12.0. The molecule has 1 amide bonds. The van der Waals surface area contributed by atoms with E-state index in [4.69, 9.17) is 4.98 Å². The number of hydrogen-bond donors (Lipinski definition) is 1. The second kappa shape index (κ2) is 8.69. The minimum Gasteiger partial charge on any atom is -0.338 e. The van der Waals surface area contributed by atoms with E-state index in [9.17, 15) is 4.79 Å². The normalized spacial score (nSPS) is 20.2. The highest BCUT2D eigenvalue weighted by atomic mass is 35.5. The summed E-state index contributed by atoms with van der Waals surface area (Å²) in [5.74, 6) is 1.26. The SMILES string of the molecule is CCn1ncc2c(C(=O)N3C[C@H]4CNC[C@H]4C3)cc(-c3ccccc3)nc21.Cl.Cl. The zero-order valence-electron chi connectivity index (χ0n) is 16.2. The van der Waals surface area contributed by atoms with Crippen molar-refractivity contribution < 1.29 is 4.79 Å². The second-order valence-electron chi connectivity index (χ2n) is 7.51. The largest absolute Gasteiger partial charge is 0.338 e. The number of carbonyl (C=O) groups is 1. The van der Waals surface area contributed by atoms with Crippen LogP contribution >= 0.6 is 24.8 Å². The molecular formula is C21H25Cl2N5O. The molecule has 154 valence electrons.